The number of nitrogens with zero attached hydrogens (tertiary/aromatic N) is 3. The molecule has 0 spiro atoms. The Morgan fingerprint density at radius 2 is 1.44 bits per heavy atom. The zero-order chi connectivity index (χ0) is 26.9. The molecule has 0 aliphatic heterocycles. The highest BCUT2D eigenvalue weighted by molar-refractivity contribution is 7.54. The van der Waals surface area contributed by atoms with Crippen molar-refractivity contribution < 1.29 is 18.3 Å². The zero-order valence-electron chi connectivity index (χ0n) is 21.3. The van der Waals surface area contributed by atoms with Crippen LogP contribution in [0.15, 0.2) is 109 Å². The van der Waals surface area contributed by atoms with E-state index in [0.29, 0.717) is 23.7 Å². The Kier molecular flexibility index (Phi) is 8.31. The number of hydrogen-bond acceptors (Lipinski definition) is 8. The summed E-state index contributed by atoms with van der Waals surface area (Å²) < 4.78 is 31.1. The van der Waals surface area contributed by atoms with Crippen LogP contribution >= 0.6 is 7.60 Å². The highest BCUT2D eigenvalue weighted by Gasteiger charge is 2.30. The number of H-pyrrole nitrogens is 1. The van der Waals surface area contributed by atoms with Gasteiger partial charge in [0.25, 0.3) is 0 Å². The maximum absolute atomic E-state index is 14.0. The third-order valence-electron chi connectivity index (χ3n) is 6.00. The fraction of sp³-hybridized carbons (Fsp3) is 0.138. The minimum absolute atomic E-state index is 0.0793. The van der Waals surface area contributed by atoms with E-state index in [4.69, 9.17) is 13.8 Å². The summed E-state index contributed by atoms with van der Waals surface area (Å²) in [7, 11) is -2.03. The number of nitrogens with one attached hydrogen (secondary N) is 2. The molecule has 1 atom stereocenters. The number of para-hydroxylation sites is 2. The predicted molar refractivity (Wildman–Crippen MR) is 149 cm³/mol. The Balaban J connectivity index is 1.34. The van der Waals surface area contributed by atoms with Crippen LogP contribution in [0, 0.1) is 0 Å². The third-order valence-corrected chi connectivity index (χ3v) is 7.54. The van der Waals surface area contributed by atoms with Crippen LogP contribution in [0.3, 0.4) is 0 Å². The van der Waals surface area contributed by atoms with Crippen LogP contribution in [0.1, 0.15) is 17.4 Å². The molecule has 1 unspecified atom stereocenters. The van der Waals surface area contributed by atoms with Gasteiger partial charge in [0.2, 0.25) is 0 Å². The van der Waals surface area contributed by atoms with Crippen LogP contribution in [-0.2, 0) is 11.0 Å². The summed E-state index contributed by atoms with van der Waals surface area (Å²) in [6.07, 6.45) is 0.454. The van der Waals surface area contributed by atoms with Crippen LogP contribution in [0.2, 0.25) is 0 Å². The minimum Gasteiger partial charge on any atom is -0.497 e. The molecule has 2 N–H and O–H groups in total. The predicted octanol–water partition coefficient (Wildman–Crippen LogP) is 6.06. The number of aromatic nitrogens is 4. The van der Waals surface area contributed by atoms with Crippen molar-refractivity contribution >= 4 is 7.60 Å². The molecule has 0 bridgehead atoms. The molecule has 4 aromatic carbocycles. The highest BCUT2D eigenvalue weighted by atomic mass is 31.2. The molecule has 0 aliphatic rings. The minimum atomic E-state index is -3.68. The summed E-state index contributed by atoms with van der Waals surface area (Å²) in [5.41, 5.74) is 3.17. The zero-order valence-corrected chi connectivity index (χ0v) is 22.2. The molecule has 0 saturated heterocycles. The van der Waals surface area contributed by atoms with Crippen LogP contribution in [0.5, 0.6) is 17.2 Å². The topological polar surface area (TPSA) is 111 Å². The molecule has 1 aromatic heterocycles. The monoisotopic (exact) mass is 541 g/mol. The summed E-state index contributed by atoms with van der Waals surface area (Å²) >= 11 is 0. The Morgan fingerprint density at radius 1 is 0.795 bits per heavy atom. The molecule has 0 aliphatic carbocycles. The third kappa shape index (κ3) is 7.10. The Bertz CT molecular complexity index is 1450. The standard InChI is InChI=1S/C29H28N5O4P/c1-36-27-14-8-9-24(20-27)23-17-15-22(16-18-23)19-28(29-31-33-34-32-29)30-21-39(35,37-25-10-4-2-5-11-25)38-26-12-6-3-7-13-26/h2-18,20,28,30H,19,21H2,1H3,(H,31,32,33,34). The van der Waals surface area contributed by atoms with Gasteiger partial charge in [0.1, 0.15) is 23.5 Å². The average molecular weight is 542 g/mol. The Labute approximate surface area is 226 Å². The average Bonchev–Trinajstić information content (AvgIpc) is 3.52. The number of methoxy groups -OCH3 is 1. The van der Waals surface area contributed by atoms with Gasteiger partial charge in [-0.2, -0.15) is 0 Å². The number of ether oxygens (including phenoxy) is 1. The number of tetrazole rings is 1. The quantitative estimate of drug-likeness (QED) is 0.184. The van der Waals surface area contributed by atoms with Gasteiger partial charge >= 0.3 is 7.60 Å². The maximum Gasteiger partial charge on any atom is 0.444 e. The molecule has 5 rings (SSSR count). The first-order valence-electron chi connectivity index (χ1n) is 12.4. The van der Waals surface area contributed by atoms with Crippen LogP contribution in [-0.4, -0.2) is 34.0 Å². The van der Waals surface area contributed by atoms with Crippen molar-refractivity contribution in [3.63, 3.8) is 0 Å². The van der Waals surface area contributed by atoms with Gasteiger partial charge in [-0.15, -0.1) is 5.10 Å². The van der Waals surface area contributed by atoms with E-state index in [9.17, 15) is 4.57 Å². The smallest absolute Gasteiger partial charge is 0.444 e. The van der Waals surface area contributed by atoms with E-state index in [0.717, 1.165) is 22.4 Å². The molecule has 9 nitrogen and oxygen atoms in total. The van der Waals surface area contributed by atoms with Gasteiger partial charge in [0.05, 0.1) is 13.2 Å². The van der Waals surface area contributed by atoms with Gasteiger partial charge in [0.15, 0.2) is 5.82 Å². The molecule has 39 heavy (non-hydrogen) atoms. The van der Waals surface area contributed by atoms with Gasteiger partial charge in [-0.05, 0) is 69.9 Å². The second kappa shape index (κ2) is 12.4. The van der Waals surface area contributed by atoms with Crippen LogP contribution in [0.25, 0.3) is 11.1 Å². The van der Waals surface area contributed by atoms with Gasteiger partial charge in [-0.25, -0.2) is 9.66 Å². The summed E-state index contributed by atoms with van der Waals surface area (Å²) in [6.45, 7) is 0. The largest absolute Gasteiger partial charge is 0.497 e. The number of benzene rings is 4. The summed E-state index contributed by atoms with van der Waals surface area (Å²) in [5, 5.41) is 17.7. The molecular formula is C29H28N5O4P. The Hall–Kier alpha value is -4.46. The van der Waals surface area contributed by atoms with Crippen molar-refractivity contribution in [2.45, 2.75) is 12.5 Å². The molecule has 5 aromatic rings. The van der Waals surface area contributed by atoms with E-state index in [1.54, 1.807) is 31.4 Å². The molecule has 0 saturated carbocycles. The van der Waals surface area contributed by atoms with E-state index < -0.39 is 7.60 Å². The lowest BCUT2D eigenvalue weighted by Crippen LogP contribution is -2.27. The Morgan fingerprint density at radius 3 is 2.03 bits per heavy atom. The second-order valence-electron chi connectivity index (χ2n) is 8.75. The van der Waals surface area contributed by atoms with Crippen molar-refractivity contribution in [3.8, 4) is 28.4 Å². The van der Waals surface area contributed by atoms with E-state index in [2.05, 4.69) is 38.1 Å². The van der Waals surface area contributed by atoms with E-state index in [-0.39, 0.29) is 12.3 Å². The SMILES string of the molecule is COc1cccc(-c2ccc(CC(NCP(=O)(Oc3ccccc3)Oc3ccccc3)c3nnn[nH]3)cc2)c1. The van der Waals surface area contributed by atoms with E-state index >= 15 is 0 Å². The highest BCUT2D eigenvalue weighted by Crippen LogP contribution is 2.48. The lowest BCUT2D eigenvalue weighted by atomic mass is 10.0. The number of hydrogen-bond donors (Lipinski definition) is 2. The molecule has 1 heterocycles. The fourth-order valence-corrected chi connectivity index (χ4v) is 5.54. The normalized spacial score (nSPS) is 12.0. The van der Waals surface area contributed by atoms with Crippen molar-refractivity contribution in [2.24, 2.45) is 0 Å². The van der Waals surface area contributed by atoms with Crippen molar-refractivity contribution in [2.75, 3.05) is 13.4 Å². The van der Waals surface area contributed by atoms with E-state index in [1.165, 1.54) is 0 Å². The van der Waals surface area contributed by atoms with Gasteiger partial charge < -0.3 is 13.8 Å². The second-order valence-corrected chi connectivity index (χ2v) is 10.7. The summed E-state index contributed by atoms with van der Waals surface area (Å²) in [5.74, 6) is 2.21. The van der Waals surface area contributed by atoms with Gasteiger partial charge in [-0.3, -0.25) is 5.32 Å². The van der Waals surface area contributed by atoms with Gasteiger partial charge in [-0.1, -0.05) is 72.8 Å². The van der Waals surface area contributed by atoms with Crippen molar-refractivity contribution in [3.05, 3.63) is 121 Å². The lowest BCUT2D eigenvalue weighted by Gasteiger charge is -2.23. The van der Waals surface area contributed by atoms with Crippen molar-refractivity contribution in [1.82, 2.24) is 25.9 Å². The maximum atomic E-state index is 14.0. The van der Waals surface area contributed by atoms with Crippen molar-refractivity contribution in [1.29, 1.82) is 0 Å². The molecule has 0 amide bonds. The molecule has 198 valence electrons. The number of aromatic amines is 1. The summed E-state index contributed by atoms with van der Waals surface area (Å²) in [4.78, 5) is 0. The summed E-state index contributed by atoms with van der Waals surface area (Å²) in [6, 6.07) is 33.7. The number of rotatable bonds is 12. The van der Waals surface area contributed by atoms with Crippen LogP contribution in [0.4, 0.5) is 0 Å². The molecule has 10 heteroatoms. The first-order chi connectivity index (χ1) is 19.1. The molecule has 0 fully saturated rings. The fourth-order valence-electron chi connectivity index (χ4n) is 4.04. The first-order valence-corrected chi connectivity index (χ1v) is 14.1. The molecular weight excluding hydrogens is 513 g/mol. The van der Waals surface area contributed by atoms with Gasteiger partial charge in [0, 0.05) is 0 Å². The van der Waals surface area contributed by atoms with Crippen LogP contribution < -0.4 is 19.1 Å². The lowest BCUT2D eigenvalue weighted by molar-refractivity contribution is 0.374. The van der Waals surface area contributed by atoms with E-state index in [1.807, 2.05) is 72.8 Å². The first kappa shape index (κ1) is 26.2. The molecule has 0 radical (unpaired) electrons.